The van der Waals surface area contributed by atoms with Crippen molar-refractivity contribution >= 4 is 35.3 Å². The molecule has 4 rings (SSSR count). The quantitative estimate of drug-likeness (QED) is 0.340. The number of thioether (sulfide) groups is 1. The number of para-hydroxylation sites is 1. The maximum absolute atomic E-state index is 13.5. The zero-order valence-corrected chi connectivity index (χ0v) is 19.8. The van der Waals surface area contributed by atoms with Crippen LogP contribution in [0.3, 0.4) is 0 Å². The summed E-state index contributed by atoms with van der Waals surface area (Å²) in [6.07, 6.45) is 3.92. The SMILES string of the molecule is CCCCNC(=O)c1ccc(C=C2Sc3ccccc3N(Cc3cccc(C)c3)C2=O)cc1. The molecule has 4 nitrogen and oxygen atoms in total. The highest BCUT2D eigenvalue weighted by molar-refractivity contribution is 8.04. The molecule has 0 fully saturated rings. The second kappa shape index (κ2) is 10.5. The number of fused-ring (bicyclic) bond motifs is 1. The minimum atomic E-state index is -0.0657. The average molecular weight is 457 g/mol. The second-order valence-electron chi connectivity index (χ2n) is 8.19. The monoisotopic (exact) mass is 456 g/mol. The number of carbonyl (C=O) groups is 2. The summed E-state index contributed by atoms with van der Waals surface area (Å²) in [6.45, 7) is 5.36. The van der Waals surface area contributed by atoms with Crippen LogP contribution in [0.25, 0.3) is 6.08 Å². The van der Waals surface area contributed by atoms with Crippen molar-refractivity contribution in [1.29, 1.82) is 0 Å². The summed E-state index contributed by atoms with van der Waals surface area (Å²) >= 11 is 1.49. The highest BCUT2D eigenvalue weighted by Gasteiger charge is 2.29. The summed E-state index contributed by atoms with van der Waals surface area (Å²) < 4.78 is 0. The van der Waals surface area contributed by atoms with Gasteiger partial charge in [0.25, 0.3) is 11.8 Å². The molecule has 0 radical (unpaired) electrons. The third-order valence-electron chi connectivity index (χ3n) is 5.54. The van der Waals surface area contributed by atoms with Gasteiger partial charge in [0.05, 0.1) is 17.1 Å². The first kappa shape index (κ1) is 22.9. The Morgan fingerprint density at radius 1 is 1.03 bits per heavy atom. The number of benzene rings is 3. The molecule has 1 aliphatic rings. The van der Waals surface area contributed by atoms with Gasteiger partial charge in [-0.2, -0.15) is 0 Å². The lowest BCUT2D eigenvalue weighted by Crippen LogP contribution is -2.33. The van der Waals surface area contributed by atoms with Gasteiger partial charge in [-0.3, -0.25) is 9.59 Å². The van der Waals surface area contributed by atoms with Crippen LogP contribution in [0.15, 0.2) is 82.6 Å². The van der Waals surface area contributed by atoms with Gasteiger partial charge in [-0.15, -0.1) is 0 Å². The van der Waals surface area contributed by atoms with Crippen LogP contribution in [0.1, 0.15) is 46.8 Å². The van der Waals surface area contributed by atoms with E-state index < -0.39 is 0 Å². The van der Waals surface area contributed by atoms with E-state index in [2.05, 4.69) is 37.4 Å². The normalized spacial score (nSPS) is 14.3. The Balaban J connectivity index is 1.58. The molecule has 0 saturated heterocycles. The van der Waals surface area contributed by atoms with Gasteiger partial charge >= 0.3 is 0 Å². The van der Waals surface area contributed by atoms with Crippen LogP contribution in [0.5, 0.6) is 0 Å². The highest BCUT2D eigenvalue weighted by Crippen LogP contribution is 2.42. The Hall–Kier alpha value is -3.31. The molecular formula is C28H28N2O2S. The predicted molar refractivity (Wildman–Crippen MR) is 136 cm³/mol. The van der Waals surface area contributed by atoms with Gasteiger partial charge in [-0.05, 0) is 54.8 Å². The fraction of sp³-hybridized carbons (Fsp3) is 0.214. The van der Waals surface area contributed by atoms with Crippen molar-refractivity contribution in [3.05, 3.63) is 100.0 Å². The van der Waals surface area contributed by atoms with E-state index in [4.69, 9.17) is 0 Å². The lowest BCUT2D eigenvalue weighted by Gasteiger charge is -2.30. The highest BCUT2D eigenvalue weighted by atomic mass is 32.2. The molecule has 3 aromatic carbocycles. The van der Waals surface area contributed by atoms with E-state index in [1.807, 2.05) is 65.6 Å². The summed E-state index contributed by atoms with van der Waals surface area (Å²) in [7, 11) is 0. The van der Waals surface area contributed by atoms with E-state index in [0.29, 0.717) is 23.6 Å². The molecule has 1 heterocycles. The molecular weight excluding hydrogens is 428 g/mol. The topological polar surface area (TPSA) is 49.4 Å². The Morgan fingerprint density at radius 2 is 1.82 bits per heavy atom. The third-order valence-corrected chi connectivity index (χ3v) is 6.62. The van der Waals surface area contributed by atoms with E-state index in [1.165, 1.54) is 17.3 Å². The van der Waals surface area contributed by atoms with Gasteiger partial charge in [0.2, 0.25) is 0 Å². The summed E-state index contributed by atoms with van der Waals surface area (Å²) in [6, 6.07) is 23.7. The van der Waals surface area contributed by atoms with Crippen molar-refractivity contribution in [3.8, 4) is 0 Å². The zero-order chi connectivity index (χ0) is 23.2. The van der Waals surface area contributed by atoms with Crippen molar-refractivity contribution in [3.63, 3.8) is 0 Å². The number of hydrogen-bond acceptors (Lipinski definition) is 3. The predicted octanol–water partition coefficient (Wildman–Crippen LogP) is 6.20. The number of unbranched alkanes of at least 4 members (excludes halogenated alkanes) is 1. The molecule has 3 aromatic rings. The molecule has 0 aliphatic carbocycles. The number of aryl methyl sites for hydroxylation is 1. The van der Waals surface area contributed by atoms with E-state index in [0.717, 1.165) is 34.6 Å². The number of amides is 2. The van der Waals surface area contributed by atoms with Crippen molar-refractivity contribution < 1.29 is 9.59 Å². The molecule has 0 bridgehead atoms. The van der Waals surface area contributed by atoms with Crippen molar-refractivity contribution in [2.24, 2.45) is 0 Å². The molecule has 168 valence electrons. The molecule has 0 atom stereocenters. The fourth-order valence-corrected chi connectivity index (χ4v) is 4.83. The van der Waals surface area contributed by atoms with Gasteiger partial charge in [0, 0.05) is 17.0 Å². The van der Waals surface area contributed by atoms with Crippen LogP contribution in [0.2, 0.25) is 0 Å². The van der Waals surface area contributed by atoms with Gasteiger partial charge in [-0.1, -0.05) is 79.2 Å². The summed E-state index contributed by atoms with van der Waals surface area (Å²) in [5.41, 5.74) is 4.73. The molecule has 0 unspecified atom stereocenters. The Labute approximate surface area is 199 Å². The van der Waals surface area contributed by atoms with Crippen LogP contribution in [0.4, 0.5) is 5.69 Å². The standard InChI is InChI=1S/C28H28N2O2S/c1-3-4-16-29-27(31)23-14-12-21(13-15-23)18-26-28(32)30(19-22-9-7-8-20(2)17-22)24-10-5-6-11-25(24)33-26/h5-15,17-18H,3-4,16,19H2,1-2H3,(H,29,31). The Morgan fingerprint density at radius 3 is 2.58 bits per heavy atom. The molecule has 0 aromatic heterocycles. The van der Waals surface area contributed by atoms with Gasteiger partial charge in [0.15, 0.2) is 0 Å². The lowest BCUT2D eigenvalue weighted by atomic mass is 10.1. The van der Waals surface area contributed by atoms with Crippen molar-refractivity contribution in [1.82, 2.24) is 5.32 Å². The van der Waals surface area contributed by atoms with Crippen molar-refractivity contribution in [2.75, 3.05) is 11.4 Å². The number of carbonyl (C=O) groups excluding carboxylic acids is 2. The Kier molecular flexibility index (Phi) is 7.30. The molecule has 2 amide bonds. The molecule has 0 saturated carbocycles. The number of hydrogen-bond donors (Lipinski definition) is 1. The Bertz CT molecular complexity index is 1180. The molecule has 33 heavy (non-hydrogen) atoms. The molecule has 1 N–H and O–H groups in total. The largest absolute Gasteiger partial charge is 0.352 e. The number of rotatable bonds is 7. The molecule has 1 aliphatic heterocycles. The van der Waals surface area contributed by atoms with Crippen LogP contribution < -0.4 is 10.2 Å². The van der Waals surface area contributed by atoms with E-state index >= 15 is 0 Å². The van der Waals surface area contributed by atoms with Gasteiger partial charge in [0.1, 0.15) is 0 Å². The number of nitrogens with zero attached hydrogens (tertiary/aromatic N) is 1. The van der Waals surface area contributed by atoms with E-state index in [-0.39, 0.29) is 11.8 Å². The average Bonchev–Trinajstić information content (AvgIpc) is 2.82. The third kappa shape index (κ3) is 5.55. The lowest BCUT2D eigenvalue weighted by molar-refractivity contribution is -0.114. The van der Waals surface area contributed by atoms with Gasteiger partial charge < -0.3 is 10.2 Å². The van der Waals surface area contributed by atoms with Gasteiger partial charge in [-0.25, -0.2) is 0 Å². The maximum atomic E-state index is 13.5. The summed E-state index contributed by atoms with van der Waals surface area (Å²) in [4.78, 5) is 29.3. The number of anilines is 1. The summed E-state index contributed by atoms with van der Waals surface area (Å²) in [5.74, 6) is -0.0781. The molecule has 0 spiro atoms. The van der Waals surface area contributed by atoms with Crippen LogP contribution in [-0.2, 0) is 11.3 Å². The van der Waals surface area contributed by atoms with Crippen LogP contribution in [0, 0.1) is 6.92 Å². The summed E-state index contributed by atoms with van der Waals surface area (Å²) in [5, 5.41) is 2.93. The maximum Gasteiger partial charge on any atom is 0.265 e. The fourth-order valence-electron chi connectivity index (χ4n) is 3.78. The second-order valence-corrected chi connectivity index (χ2v) is 9.27. The minimum absolute atomic E-state index is 0.0124. The first-order valence-electron chi connectivity index (χ1n) is 11.3. The van der Waals surface area contributed by atoms with Crippen molar-refractivity contribution in [2.45, 2.75) is 38.1 Å². The van der Waals surface area contributed by atoms with E-state index in [9.17, 15) is 9.59 Å². The van der Waals surface area contributed by atoms with E-state index in [1.54, 1.807) is 0 Å². The minimum Gasteiger partial charge on any atom is -0.352 e. The first-order valence-corrected chi connectivity index (χ1v) is 12.1. The first-order chi connectivity index (χ1) is 16.0. The van der Waals surface area contributed by atoms with Crippen LogP contribution in [-0.4, -0.2) is 18.4 Å². The number of nitrogens with one attached hydrogen (secondary N) is 1. The van der Waals surface area contributed by atoms with Crippen LogP contribution >= 0.6 is 11.8 Å². The molecule has 5 heteroatoms. The smallest absolute Gasteiger partial charge is 0.265 e. The zero-order valence-electron chi connectivity index (χ0n) is 19.0.